The second-order valence-corrected chi connectivity index (χ2v) is 8.43. The zero-order valence-corrected chi connectivity index (χ0v) is 16.7. The standard InChI is InChI=1S/C21H23Cl2NO2/c1-21(2,3)26-20(25)24-12-13-11-17(15-8-5-4-7-14(13)15)16-9-6-10-18(22)19(16)23/h4-10,13,17H,11-12H2,1-3H3,(H,24,25). The van der Waals surface area contributed by atoms with E-state index in [0.29, 0.717) is 16.6 Å². The molecule has 2 aromatic carbocycles. The van der Waals surface area contributed by atoms with Crippen LogP contribution in [0.2, 0.25) is 10.0 Å². The van der Waals surface area contributed by atoms with Crippen LogP contribution in [0.5, 0.6) is 0 Å². The Morgan fingerprint density at radius 1 is 1.08 bits per heavy atom. The van der Waals surface area contributed by atoms with E-state index in [0.717, 1.165) is 12.0 Å². The second kappa shape index (κ2) is 7.50. The first-order chi connectivity index (χ1) is 12.3. The van der Waals surface area contributed by atoms with E-state index in [1.165, 1.54) is 11.1 Å². The Labute approximate surface area is 164 Å². The van der Waals surface area contributed by atoms with Crippen molar-refractivity contribution in [2.75, 3.05) is 6.54 Å². The Morgan fingerprint density at radius 3 is 2.42 bits per heavy atom. The van der Waals surface area contributed by atoms with E-state index in [9.17, 15) is 4.79 Å². The van der Waals surface area contributed by atoms with E-state index < -0.39 is 5.60 Å². The van der Waals surface area contributed by atoms with Gasteiger partial charge in [-0.25, -0.2) is 4.79 Å². The Hall–Kier alpha value is -1.71. The maximum atomic E-state index is 12.0. The van der Waals surface area contributed by atoms with Gasteiger partial charge in [0.1, 0.15) is 5.60 Å². The van der Waals surface area contributed by atoms with Gasteiger partial charge in [0.05, 0.1) is 10.0 Å². The van der Waals surface area contributed by atoms with Crippen molar-refractivity contribution in [1.29, 1.82) is 0 Å². The molecule has 5 heteroatoms. The molecule has 0 bridgehead atoms. The Kier molecular flexibility index (Phi) is 5.50. The predicted molar refractivity (Wildman–Crippen MR) is 106 cm³/mol. The Bertz CT molecular complexity index is 814. The minimum atomic E-state index is -0.505. The summed E-state index contributed by atoms with van der Waals surface area (Å²) in [6.45, 7) is 6.10. The summed E-state index contributed by atoms with van der Waals surface area (Å²) in [6.07, 6.45) is 0.481. The monoisotopic (exact) mass is 391 g/mol. The third kappa shape index (κ3) is 4.16. The van der Waals surface area contributed by atoms with Crippen LogP contribution in [0.3, 0.4) is 0 Å². The van der Waals surface area contributed by atoms with Gasteiger partial charge in [-0.1, -0.05) is 59.6 Å². The van der Waals surface area contributed by atoms with Crippen LogP contribution in [0.4, 0.5) is 4.79 Å². The van der Waals surface area contributed by atoms with Gasteiger partial charge in [-0.05, 0) is 49.9 Å². The van der Waals surface area contributed by atoms with Crippen molar-refractivity contribution in [2.45, 2.75) is 44.6 Å². The molecular weight excluding hydrogens is 369 g/mol. The van der Waals surface area contributed by atoms with Gasteiger partial charge in [-0.3, -0.25) is 0 Å². The lowest BCUT2D eigenvalue weighted by molar-refractivity contribution is 0.0524. The highest BCUT2D eigenvalue weighted by atomic mass is 35.5. The summed E-state index contributed by atoms with van der Waals surface area (Å²) in [5.74, 6) is 0.376. The van der Waals surface area contributed by atoms with Gasteiger partial charge in [0.15, 0.2) is 0 Å². The lowest BCUT2D eigenvalue weighted by Gasteiger charge is -2.21. The zero-order valence-electron chi connectivity index (χ0n) is 15.2. The number of benzene rings is 2. The highest BCUT2D eigenvalue weighted by molar-refractivity contribution is 6.42. The third-order valence-electron chi connectivity index (χ3n) is 4.58. The molecule has 0 aliphatic heterocycles. The van der Waals surface area contributed by atoms with Gasteiger partial charge in [-0.2, -0.15) is 0 Å². The third-order valence-corrected chi connectivity index (χ3v) is 5.41. The fourth-order valence-corrected chi connectivity index (χ4v) is 3.98. The molecule has 138 valence electrons. The van der Waals surface area contributed by atoms with Crippen LogP contribution in [0, 0.1) is 0 Å². The Morgan fingerprint density at radius 2 is 1.73 bits per heavy atom. The number of hydrogen-bond donors (Lipinski definition) is 1. The number of carbonyl (C=O) groups is 1. The fraction of sp³-hybridized carbons (Fsp3) is 0.381. The number of alkyl carbamates (subject to hydrolysis) is 1. The predicted octanol–water partition coefficient (Wildman–Crippen LogP) is 6.14. The molecule has 26 heavy (non-hydrogen) atoms. The number of fused-ring (bicyclic) bond motifs is 1. The summed E-state index contributed by atoms with van der Waals surface area (Å²) < 4.78 is 5.34. The quantitative estimate of drug-likeness (QED) is 0.682. The van der Waals surface area contributed by atoms with E-state index in [2.05, 4.69) is 17.4 Å². The molecule has 1 amide bonds. The molecule has 1 N–H and O–H groups in total. The number of carbonyl (C=O) groups excluding carboxylic acids is 1. The fourth-order valence-electron chi connectivity index (χ4n) is 3.54. The van der Waals surface area contributed by atoms with E-state index in [1.807, 2.05) is 45.0 Å². The van der Waals surface area contributed by atoms with Gasteiger partial charge in [0, 0.05) is 18.4 Å². The average molecular weight is 392 g/mol. The molecule has 0 heterocycles. The van der Waals surface area contributed by atoms with E-state index in [-0.39, 0.29) is 17.9 Å². The molecule has 2 unspecified atom stereocenters. The number of rotatable bonds is 3. The van der Waals surface area contributed by atoms with Crippen molar-refractivity contribution in [3.63, 3.8) is 0 Å². The summed E-state index contributed by atoms with van der Waals surface area (Å²) in [4.78, 5) is 12.0. The van der Waals surface area contributed by atoms with E-state index >= 15 is 0 Å². The number of ether oxygens (including phenoxy) is 1. The molecule has 1 aliphatic carbocycles. The van der Waals surface area contributed by atoms with Crippen LogP contribution in [0.15, 0.2) is 42.5 Å². The number of amides is 1. The molecule has 0 radical (unpaired) electrons. The number of hydrogen-bond acceptors (Lipinski definition) is 2. The molecule has 2 atom stereocenters. The molecule has 0 fully saturated rings. The first kappa shape index (κ1) is 19.1. The highest BCUT2D eigenvalue weighted by Crippen LogP contribution is 2.47. The summed E-state index contributed by atoms with van der Waals surface area (Å²) >= 11 is 12.7. The maximum absolute atomic E-state index is 12.0. The summed E-state index contributed by atoms with van der Waals surface area (Å²) in [6, 6.07) is 14.1. The van der Waals surface area contributed by atoms with Gasteiger partial charge in [0.2, 0.25) is 0 Å². The van der Waals surface area contributed by atoms with Crippen LogP contribution in [0.25, 0.3) is 0 Å². The summed E-state index contributed by atoms with van der Waals surface area (Å²) in [5.41, 5.74) is 3.01. The SMILES string of the molecule is CC(C)(C)OC(=O)NCC1CC(c2cccc(Cl)c2Cl)c2ccccc21. The lowest BCUT2D eigenvalue weighted by atomic mass is 9.92. The van der Waals surface area contributed by atoms with E-state index in [4.69, 9.17) is 27.9 Å². The smallest absolute Gasteiger partial charge is 0.407 e. The van der Waals surface area contributed by atoms with Gasteiger partial charge in [0.25, 0.3) is 0 Å². The van der Waals surface area contributed by atoms with E-state index in [1.54, 1.807) is 6.07 Å². The van der Waals surface area contributed by atoms with Gasteiger partial charge in [-0.15, -0.1) is 0 Å². The van der Waals surface area contributed by atoms with Crippen molar-refractivity contribution in [3.8, 4) is 0 Å². The Balaban J connectivity index is 1.80. The van der Waals surface area contributed by atoms with Crippen LogP contribution < -0.4 is 5.32 Å². The molecule has 3 nitrogen and oxygen atoms in total. The van der Waals surface area contributed by atoms with Crippen LogP contribution >= 0.6 is 23.2 Å². The largest absolute Gasteiger partial charge is 0.444 e. The van der Waals surface area contributed by atoms with Crippen LogP contribution in [0.1, 0.15) is 55.7 Å². The zero-order chi connectivity index (χ0) is 18.9. The minimum absolute atomic E-state index is 0.169. The first-order valence-corrected chi connectivity index (χ1v) is 9.51. The summed E-state index contributed by atoms with van der Waals surface area (Å²) in [7, 11) is 0. The van der Waals surface area contributed by atoms with Crippen molar-refractivity contribution < 1.29 is 9.53 Å². The van der Waals surface area contributed by atoms with Gasteiger partial charge < -0.3 is 10.1 Å². The normalized spacial score (nSPS) is 19.1. The van der Waals surface area contributed by atoms with Gasteiger partial charge >= 0.3 is 6.09 Å². The topological polar surface area (TPSA) is 38.3 Å². The maximum Gasteiger partial charge on any atom is 0.407 e. The number of halogens is 2. The molecule has 3 rings (SSSR count). The van der Waals surface area contributed by atoms with Crippen molar-refractivity contribution >= 4 is 29.3 Å². The van der Waals surface area contributed by atoms with Crippen molar-refractivity contribution in [1.82, 2.24) is 5.32 Å². The summed E-state index contributed by atoms with van der Waals surface area (Å²) in [5, 5.41) is 4.07. The molecular formula is C21H23Cl2NO2. The molecule has 0 spiro atoms. The van der Waals surface area contributed by atoms with Crippen LogP contribution in [-0.2, 0) is 4.74 Å². The highest BCUT2D eigenvalue weighted by Gasteiger charge is 2.33. The lowest BCUT2D eigenvalue weighted by Crippen LogP contribution is -2.34. The molecule has 0 aromatic heterocycles. The molecule has 2 aromatic rings. The van der Waals surface area contributed by atoms with Crippen molar-refractivity contribution in [2.24, 2.45) is 0 Å². The molecule has 1 aliphatic rings. The van der Waals surface area contributed by atoms with Crippen molar-refractivity contribution in [3.05, 3.63) is 69.2 Å². The van der Waals surface area contributed by atoms with Crippen LogP contribution in [-0.4, -0.2) is 18.2 Å². The minimum Gasteiger partial charge on any atom is -0.444 e. The number of nitrogens with one attached hydrogen (secondary N) is 1. The molecule has 0 saturated carbocycles. The second-order valence-electron chi connectivity index (χ2n) is 7.64. The first-order valence-electron chi connectivity index (χ1n) is 8.76. The molecule has 0 saturated heterocycles. The average Bonchev–Trinajstić information content (AvgIpc) is 2.93.